The van der Waals surface area contributed by atoms with Gasteiger partial charge < -0.3 is 19.3 Å². The van der Waals surface area contributed by atoms with Gasteiger partial charge in [0.2, 0.25) is 5.91 Å². The Balaban J connectivity index is 1.68. The minimum absolute atomic E-state index is 0.103. The lowest BCUT2D eigenvalue weighted by Crippen LogP contribution is -2.37. The average molecular weight is 346 g/mol. The van der Waals surface area contributed by atoms with Crippen molar-refractivity contribution in [2.24, 2.45) is 0 Å². The molecule has 3 rings (SSSR count). The number of amides is 2. The molecule has 6 heteroatoms. The zero-order valence-corrected chi connectivity index (χ0v) is 14.8. The summed E-state index contributed by atoms with van der Waals surface area (Å²) in [5, 5.41) is 0. The second-order valence-electron chi connectivity index (χ2n) is 6.58. The molecule has 0 bridgehead atoms. The fourth-order valence-corrected chi connectivity index (χ4v) is 3.58. The number of methoxy groups -OCH3 is 1. The third-order valence-corrected chi connectivity index (χ3v) is 5.01. The largest absolute Gasteiger partial charge is 0.497 e. The van der Waals surface area contributed by atoms with Gasteiger partial charge in [0, 0.05) is 19.5 Å². The van der Waals surface area contributed by atoms with Gasteiger partial charge in [-0.3, -0.25) is 4.79 Å². The van der Waals surface area contributed by atoms with Crippen molar-refractivity contribution < 1.29 is 19.1 Å². The van der Waals surface area contributed by atoms with E-state index in [0.717, 1.165) is 43.5 Å². The van der Waals surface area contributed by atoms with Crippen LogP contribution in [-0.4, -0.2) is 55.2 Å². The summed E-state index contributed by atoms with van der Waals surface area (Å²) < 4.78 is 10.2. The standard InChI is InChI=1S/C19H26N2O4/c1-24-16-8-6-15(7-9-16)17-5-3-2-4-11-21(17)18(22)10-12-20-13-14-25-19(20)23/h6-9,17H,2-5,10-14H2,1H3/t17-/m0/s1. The van der Waals surface area contributed by atoms with E-state index in [0.29, 0.717) is 26.1 Å². The zero-order chi connectivity index (χ0) is 17.6. The first-order chi connectivity index (χ1) is 12.2. The van der Waals surface area contributed by atoms with Gasteiger partial charge in [-0.2, -0.15) is 0 Å². The van der Waals surface area contributed by atoms with Crippen molar-refractivity contribution in [3.63, 3.8) is 0 Å². The van der Waals surface area contributed by atoms with Crippen molar-refractivity contribution in [2.45, 2.75) is 38.1 Å². The lowest BCUT2D eigenvalue weighted by molar-refractivity contribution is -0.133. The van der Waals surface area contributed by atoms with Crippen molar-refractivity contribution >= 4 is 12.0 Å². The molecular weight excluding hydrogens is 320 g/mol. The van der Waals surface area contributed by atoms with Crippen LogP contribution in [0, 0.1) is 0 Å². The summed E-state index contributed by atoms with van der Waals surface area (Å²) in [4.78, 5) is 28.0. The molecule has 0 spiro atoms. The van der Waals surface area contributed by atoms with Crippen LogP contribution < -0.4 is 4.74 Å². The van der Waals surface area contributed by atoms with Crippen molar-refractivity contribution in [1.29, 1.82) is 0 Å². The maximum atomic E-state index is 12.8. The van der Waals surface area contributed by atoms with Crippen LogP contribution in [0.3, 0.4) is 0 Å². The van der Waals surface area contributed by atoms with Crippen LogP contribution in [0.25, 0.3) is 0 Å². The summed E-state index contributed by atoms with van der Waals surface area (Å²) in [5.41, 5.74) is 1.15. The molecule has 136 valence electrons. The molecule has 2 saturated heterocycles. The summed E-state index contributed by atoms with van der Waals surface area (Å²) in [5.74, 6) is 0.935. The number of rotatable bonds is 5. The minimum atomic E-state index is -0.310. The van der Waals surface area contributed by atoms with Gasteiger partial charge in [0.1, 0.15) is 12.4 Å². The molecule has 2 heterocycles. The molecule has 2 fully saturated rings. The quantitative estimate of drug-likeness (QED) is 0.822. The first-order valence-electron chi connectivity index (χ1n) is 9.04. The van der Waals surface area contributed by atoms with Gasteiger partial charge in [0.25, 0.3) is 0 Å². The van der Waals surface area contributed by atoms with Crippen LogP contribution in [0.5, 0.6) is 5.75 Å². The second-order valence-corrected chi connectivity index (χ2v) is 6.58. The number of cyclic esters (lactones) is 1. The first kappa shape index (κ1) is 17.6. The highest BCUT2D eigenvalue weighted by Crippen LogP contribution is 2.31. The number of carbonyl (C=O) groups excluding carboxylic acids is 2. The van der Waals surface area contributed by atoms with Crippen molar-refractivity contribution in [2.75, 3.05) is 33.4 Å². The van der Waals surface area contributed by atoms with E-state index in [1.54, 1.807) is 12.0 Å². The number of hydrogen-bond donors (Lipinski definition) is 0. The number of benzene rings is 1. The predicted octanol–water partition coefficient (Wildman–Crippen LogP) is 2.98. The molecule has 1 atom stereocenters. The SMILES string of the molecule is COc1ccc([C@@H]2CCCCCN2C(=O)CCN2CCOC2=O)cc1. The Morgan fingerprint density at radius 1 is 1.20 bits per heavy atom. The third-order valence-electron chi connectivity index (χ3n) is 5.01. The van der Waals surface area contributed by atoms with Gasteiger partial charge in [0.05, 0.1) is 19.7 Å². The van der Waals surface area contributed by atoms with Crippen LogP contribution in [0.15, 0.2) is 24.3 Å². The topological polar surface area (TPSA) is 59.1 Å². The highest BCUT2D eigenvalue weighted by molar-refractivity contribution is 5.78. The van der Waals surface area contributed by atoms with E-state index in [4.69, 9.17) is 9.47 Å². The van der Waals surface area contributed by atoms with Gasteiger partial charge in [-0.05, 0) is 30.5 Å². The molecule has 25 heavy (non-hydrogen) atoms. The Bertz CT molecular complexity index is 602. The summed E-state index contributed by atoms with van der Waals surface area (Å²) >= 11 is 0. The minimum Gasteiger partial charge on any atom is -0.497 e. The van der Waals surface area contributed by atoms with Gasteiger partial charge in [0.15, 0.2) is 0 Å². The fourth-order valence-electron chi connectivity index (χ4n) is 3.58. The molecule has 0 saturated carbocycles. The van der Waals surface area contributed by atoms with E-state index in [1.165, 1.54) is 0 Å². The molecule has 2 aliphatic rings. The number of ether oxygens (including phenoxy) is 2. The number of nitrogens with zero attached hydrogens (tertiary/aromatic N) is 2. The molecule has 6 nitrogen and oxygen atoms in total. The molecular formula is C19H26N2O4. The van der Waals surface area contributed by atoms with Crippen LogP contribution >= 0.6 is 0 Å². The van der Waals surface area contributed by atoms with Crippen molar-refractivity contribution in [3.8, 4) is 5.75 Å². The van der Waals surface area contributed by atoms with Crippen LogP contribution in [-0.2, 0) is 9.53 Å². The Kier molecular flexibility index (Phi) is 5.79. The van der Waals surface area contributed by atoms with E-state index in [2.05, 4.69) is 0 Å². The lowest BCUT2D eigenvalue weighted by atomic mass is 10.0. The normalized spacial score (nSPS) is 21.0. The Labute approximate surface area is 148 Å². The molecule has 1 aromatic carbocycles. The molecule has 0 aliphatic carbocycles. The highest BCUT2D eigenvalue weighted by Gasteiger charge is 2.28. The molecule has 2 aliphatic heterocycles. The molecule has 2 amide bonds. The third kappa shape index (κ3) is 4.24. The van der Waals surface area contributed by atoms with Gasteiger partial charge in [-0.15, -0.1) is 0 Å². The maximum Gasteiger partial charge on any atom is 0.409 e. The van der Waals surface area contributed by atoms with E-state index in [-0.39, 0.29) is 18.0 Å². The number of carbonyl (C=O) groups is 2. The summed E-state index contributed by atoms with van der Waals surface area (Å²) in [6, 6.07) is 8.10. The average Bonchev–Trinajstić information content (AvgIpc) is 2.90. The van der Waals surface area contributed by atoms with Gasteiger partial charge in [-0.1, -0.05) is 25.0 Å². The fraction of sp³-hybridized carbons (Fsp3) is 0.579. The molecule has 0 aromatic heterocycles. The molecule has 0 N–H and O–H groups in total. The highest BCUT2D eigenvalue weighted by atomic mass is 16.6. The van der Waals surface area contributed by atoms with E-state index < -0.39 is 0 Å². The second kappa shape index (κ2) is 8.23. The van der Waals surface area contributed by atoms with Gasteiger partial charge >= 0.3 is 6.09 Å². The van der Waals surface area contributed by atoms with Crippen molar-refractivity contribution in [3.05, 3.63) is 29.8 Å². The Morgan fingerprint density at radius 3 is 2.68 bits per heavy atom. The molecule has 0 radical (unpaired) electrons. The van der Waals surface area contributed by atoms with E-state index in [1.807, 2.05) is 29.2 Å². The Morgan fingerprint density at radius 2 is 2.00 bits per heavy atom. The van der Waals surface area contributed by atoms with E-state index in [9.17, 15) is 9.59 Å². The monoisotopic (exact) mass is 346 g/mol. The van der Waals surface area contributed by atoms with Crippen LogP contribution in [0.4, 0.5) is 4.79 Å². The number of likely N-dealkylation sites (tertiary alicyclic amines) is 1. The number of hydrogen-bond acceptors (Lipinski definition) is 4. The summed E-state index contributed by atoms with van der Waals surface area (Å²) in [6.45, 7) is 2.21. The molecule has 0 unspecified atom stereocenters. The smallest absolute Gasteiger partial charge is 0.409 e. The van der Waals surface area contributed by atoms with Crippen molar-refractivity contribution in [1.82, 2.24) is 9.80 Å². The van der Waals surface area contributed by atoms with E-state index >= 15 is 0 Å². The predicted molar refractivity (Wildman–Crippen MR) is 93.5 cm³/mol. The molecule has 1 aromatic rings. The van der Waals surface area contributed by atoms with Crippen LogP contribution in [0.2, 0.25) is 0 Å². The van der Waals surface area contributed by atoms with Gasteiger partial charge in [-0.25, -0.2) is 4.79 Å². The van der Waals surface area contributed by atoms with Crippen LogP contribution in [0.1, 0.15) is 43.7 Å². The first-order valence-corrected chi connectivity index (χ1v) is 9.04. The maximum absolute atomic E-state index is 12.8. The summed E-state index contributed by atoms with van der Waals surface area (Å²) in [6.07, 6.45) is 4.32. The Hall–Kier alpha value is -2.24. The summed E-state index contributed by atoms with van der Waals surface area (Å²) in [7, 11) is 1.65. The zero-order valence-electron chi connectivity index (χ0n) is 14.8. The lowest BCUT2D eigenvalue weighted by Gasteiger charge is -2.31.